The molecule has 0 aliphatic carbocycles. The molecule has 2 aliphatic rings. The Morgan fingerprint density at radius 3 is 2.70 bits per heavy atom. The van der Waals surface area contributed by atoms with Gasteiger partial charge in [0.05, 0.1) is 5.75 Å². The van der Waals surface area contributed by atoms with Crippen molar-refractivity contribution in [3.05, 3.63) is 24.5 Å². The number of piperidine rings is 1. The van der Waals surface area contributed by atoms with Crippen molar-refractivity contribution in [1.82, 2.24) is 15.2 Å². The number of likely N-dealkylation sites (tertiary alicyclic amines) is 1. The summed E-state index contributed by atoms with van der Waals surface area (Å²) in [5, 5.41) is 3.46. The molecule has 2 saturated heterocycles. The first-order chi connectivity index (χ1) is 9.77. The van der Waals surface area contributed by atoms with Gasteiger partial charge in [-0.2, -0.15) is 0 Å². The summed E-state index contributed by atoms with van der Waals surface area (Å²) in [5.41, 5.74) is 0.481. The number of hydrogen-bond acceptors (Lipinski definition) is 4. The lowest BCUT2D eigenvalue weighted by atomic mass is 9.78. The smallest absolute Gasteiger partial charge is 0.232 e. The van der Waals surface area contributed by atoms with Crippen LogP contribution in [0.4, 0.5) is 0 Å². The van der Waals surface area contributed by atoms with Crippen LogP contribution in [0.25, 0.3) is 0 Å². The number of pyridine rings is 1. The predicted octanol–water partition coefficient (Wildman–Crippen LogP) is 1.78. The molecule has 4 nitrogen and oxygen atoms in total. The Balaban J connectivity index is 1.47. The van der Waals surface area contributed by atoms with E-state index in [1.807, 2.05) is 17.0 Å². The molecule has 20 heavy (non-hydrogen) atoms. The van der Waals surface area contributed by atoms with Crippen LogP contribution < -0.4 is 5.32 Å². The van der Waals surface area contributed by atoms with Crippen molar-refractivity contribution in [2.45, 2.75) is 24.2 Å². The van der Waals surface area contributed by atoms with Crippen LogP contribution in [0.1, 0.15) is 19.3 Å². The fourth-order valence-corrected chi connectivity index (χ4v) is 3.91. The van der Waals surface area contributed by atoms with Gasteiger partial charge >= 0.3 is 0 Å². The summed E-state index contributed by atoms with van der Waals surface area (Å²) >= 11 is 1.60. The van der Waals surface area contributed by atoms with Crippen molar-refractivity contribution in [3.8, 4) is 0 Å². The zero-order valence-corrected chi connectivity index (χ0v) is 12.5. The highest BCUT2D eigenvalue weighted by molar-refractivity contribution is 8.00. The van der Waals surface area contributed by atoms with E-state index in [2.05, 4.69) is 10.3 Å². The maximum Gasteiger partial charge on any atom is 0.232 e. The molecule has 5 heteroatoms. The minimum Gasteiger partial charge on any atom is -0.342 e. The van der Waals surface area contributed by atoms with Crippen LogP contribution in [0.3, 0.4) is 0 Å². The molecular weight excluding hydrogens is 270 g/mol. The number of aromatic nitrogens is 1. The first-order valence-corrected chi connectivity index (χ1v) is 8.27. The number of nitrogens with zero attached hydrogens (tertiary/aromatic N) is 2. The Labute approximate surface area is 124 Å². The highest BCUT2D eigenvalue weighted by Crippen LogP contribution is 2.37. The summed E-state index contributed by atoms with van der Waals surface area (Å²) < 4.78 is 0. The molecule has 2 aliphatic heterocycles. The quantitative estimate of drug-likeness (QED) is 0.862. The second kappa shape index (κ2) is 6.14. The second-order valence-electron chi connectivity index (χ2n) is 5.78. The van der Waals surface area contributed by atoms with E-state index in [1.54, 1.807) is 24.2 Å². The van der Waals surface area contributed by atoms with E-state index in [9.17, 15) is 4.79 Å². The molecule has 0 saturated carbocycles. The monoisotopic (exact) mass is 291 g/mol. The van der Waals surface area contributed by atoms with Crippen LogP contribution in [0.5, 0.6) is 0 Å². The molecule has 1 spiro atoms. The number of nitrogens with one attached hydrogen (secondary N) is 1. The van der Waals surface area contributed by atoms with E-state index in [0.29, 0.717) is 11.2 Å². The first kappa shape index (κ1) is 13.9. The average molecular weight is 291 g/mol. The average Bonchev–Trinajstić information content (AvgIpc) is 2.95. The predicted molar refractivity (Wildman–Crippen MR) is 80.7 cm³/mol. The topological polar surface area (TPSA) is 45.2 Å². The van der Waals surface area contributed by atoms with Crippen molar-refractivity contribution < 1.29 is 4.79 Å². The Kier molecular flexibility index (Phi) is 4.27. The van der Waals surface area contributed by atoms with Crippen LogP contribution in [0.2, 0.25) is 0 Å². The molecule has 2 fully saturated rings. The van der Waals surface area contributed by atoms with Crippen molar-refractivity contribution in [1.29, 1.82) is 0 Å². The molecule has 3 rings (SSSR count). The van der Waals surface area contributed by atoms with Crippen molar-refractivity contribution in [2.75, 3.05) is 31.9 Å². The molecule has 0 atom stereocenters. The Hall–Kier alpha value is -1.07. The van der Waals surface area contributed by atoms with Crippen LogP contribution in [-0.2, 0) is 4.79 Å². The zero-order valence-electron chi connectivity index (χ0n) is 11.7. The van der Waals surface area contributed by atoms with Crippen molar-refractivity contribution in [3.63, 3.8) is 0 Å². The molecule has 1 aromatic rings. The molecular formula is C15H21N3OS. The summed E-state index contributed by atoms with van der Waals surface area (Å²) in [5.74, 6) is 0.808. The lowest BCUT2D eigenvalue weighted by Gasteiger charge is -2.38. The SMILES string of the molecule is O=C(CSc1ccncc1)N1CCC2(CCNC2)CC1. The zero-order chi connectivity index (χ0) is 13.8. The fourth-order valence-electron chi connectivity index (χ4n) is 3.12. The van der Waals surface area contributed by atoms with E-state index in [0.717, 1.165) is 43.9 Å². The van der Waals surface area contributed by atoms with Gasteiger partial charge in [0.25, 0.3) is 0 Å². The van der Waals surface area contributed by atoms with Crippen LogP contribution in [0, 0.1) is 5.41 Å². The van der Waals surface area contributed by atoms with Gasteiger partial charge in [-0.15, -0.1) is 11.8 Å². The van der Waals surface area contributed by atoms with E-state index in [1.165, 1.54) is 6.42 Å². The molecule has 0 bridgehead atoms. The molecule has 1 N–H and O–H groups in total. The summed E-state index contributed by atoms with van der Waals surface area (Å²) in [7, 11) is 0. The van der Waals surface area contributed by atoms with Gasteiger partial charge in [0, 0.05) is 36.9 Å². The number of hydrogen-bond donors (Lipinski definition) is 1. The maximum atomic E-state index is 12.2. The molecule has 1 amide bonds. The van der Waals surface area contributed by atoms with Crippen LogP contribution in [0.15, 0.2) is 29.4 Å². The van der Waals surface area contributed by atoms with Crippen LogP contribution in [-0.4, -0.2) is 47.7 Å². The summed E-state index contributed by atoms with van der Waals surface area (Å²) in [6.07, 6.45) is 7.13. The van der Waals surface area contributed by atoms with Gasteiger partial charge in [-0.1, -0.05) is 0 Å². The molecule has 0 unspecified atom stereocenters. The van der Waals surface area contributed by atoms with Gasteiger partial charge in [-0.05, 0) is 43.4 Å². The number of amides is 1. The second-order valence-corrected chi connectivity index (χ2v) is 6.83. The van der Waals surface area contributed by atoms with E-state index < -0.39 is 0 Å². The minimum absolute atomic E-state index is 0.271. The van der Waals surface area contributed by atoms with Gasteiger partial charge in [0.2, 0.25) is 5.91 Å². The molecule has 3 heterocycles. The molecule has 0 radical (unpaired) electrons. The van der Waals surface area contributed by atoms with E-state index in [-0.39, 0.29) is 5.91 Å². The third kappa shape index (κ3) is 3.15. The lowest BCUT2D eigenvalue weighted by Crippen LogP contribution is -2.44. The molecule has 0 aromatic carbocycles. The molecule has 1 aromatic heterocycles. The van der Waals surface area contributed by atoms with Gasteiger partial charge in [-0.3, -0.25) is 9.78 Å². The van der Waals surface area contributed by atoms with Crippen molar-refractivity contribution >= 4 is 17.7 Å². The minimum atomic E-state index is 0.271. The lowest BCUT2D eigenvalue weighted by molar-refractivity contribution is -0.130. The largest absolute Gasteiger partial charge is 0.342 e. The Morgan fingerprint density at radius 1 is 1.30 bits per heavy atom. The van der Waals surface area contributed by atoms with E-state index >= 15 is 0 Å². The molecule has 108 valence electrons. The summed E-state index contributed by atoms with van der Waals surface area (Å²) in [4.78, 5) is 19.4. The van der Waals surface area contributed by atoms with Crippen LogP contribution >= 0.6 is 11.8 Å². The Morgan fingerprint density at radius 2 is 2.05 bits per heavy atom. The Bertz CT molecular complexity index is 449. The standard InChI is InChI=1S/C15H21N3OS/c19-14(11-20-13-1-6-16-7-2-13)18-9-4-15(5-10-18)3-8-17-12-15/h1-2,6-7,17H,3-5,8-12H2. The highest BCUT2D eigenvalue weighted by atomic mass is 32.2. The van der Waals surface area contributed by atoms with Gasteiger partial charge in [0.15, 0.2) is 0 Å². The summed E-state index contributed by atoms with van der Waals surface area (Å²) in [6.45, 7) is 4.14. The number of carbonyl (C=O) groups excluding carboxylic acids is 1. The third-order valence-electron chi connectivity index (χ3n) is 4.52. The first-order valence-electron chi connectivity index (χ1n) is 7.29. The number of thioether (sulfide) groups is 1. The van der Waals surface area contributed by atoms with Gasteiger partial charge < -0.3 is 10.2 Å². The highest BCUT2D eigenvalue weighted by Gasteiger charge is 2.37. The summed E-state index contributed by atoms with van der Waals surface area (Å²) in [6, 6.07) is 3.90. The van der Waals surface area contributed by atoms with Gasteiger partial charge in [-0.25, -0.2) is 0 Å². The van der Waals surface area contributed by atoms with Crippen molar-refractivity contribution in [2.24, 2.45) is 5.41 Å². The fraction of sp³-hybridized carbons (Fsp3) is 0.600. The third-order valence-corrected chi connectivity index (χ3v) is 5.52. The maximum absolute atomic E-state index is 12.2. The number of rotatable bonds is 3. The normalized spacial score (nSPS) is 21.3. The van der Waals surface area contributed by atoms with Gasteiger partial charge in [0.1, 0.15) is 0 Å². The van der Waals surface area contributed by atoms with E-state index in [4.69, 9.17) is 0 Å². The number of carbonyl (C=O) groups is 1.